The molecule has 192 valence electrons. The molecule has 2 heterocycles. The van der Waals surface area contributed by atoms with E-state index in [4.69, 9.17) is 11.6 Å². The van der Waals surface area contributed by atoms with Crippen LogP contribution in [-0.4, -0.2) is 51.6 Å². The summed E-state index contributed by atoms with van der Waals surface area (Å²) in [6.07, 6.45) is 7.53. The van der Waals surface area contributed by atoms with Gasteiger partial charge < -0.3 is 25.3 Å². The summed E-state index contributed by atoms with van der Waals surface area (Å²) in [5.41, 5.74) is 11.3. The number of hydrazine groups is 1. The summed E-state index contributed by atoms with van der Waals surface area (Å²) in [4.78, 5) is 27.0. The van der Waals surface area contributed by atoms with Crippen molar-refractivity contribution in [2.75, 3.05) is 20.1 Å². The Bertz CT molecular complexity index is 1350. The number of carboxylic acid groups (broad SMARTS) is 1. The van der Waals surface area contributed by atoms with Gasteiger partial charge in [0, 0.05) is 67.0 Å². The van der Waals surface area contributed by atoms with E-state index in [1.165, 1.54) is 11.4 Å². The largest absolute Gasteiger partial charge is 0.478 e. The van der Waals surface area contributed by atoms with Gasteiger partial charge in [-0.2, -0.15) is 0 Å². The number of benzene rings is 2. The number of carbonyl (C=O) groups excluding carboxylic acids is 1. The SMILES string of the molecule is CN(N)/C=C(\N)C1C[C@H]1c1c(C(=O)O)ccn1-c1cccc(-c2cccc(C(=O)N3CCCCC3)c2)c1. The van der Waals surface area contributed by atoms with Crippen molar-refractivity contribution in [1.29, 1.82) is 0 Å². The second-order valence-electron chi connectivity index (χ2n) is 10.0. The third kappa shape index (κ3) is 5.11. The number of aromatic carboxylic acids is 1. The van der Waals surface area contributed by atoms with E-state index in [-0.39, 0.29) is 23.3 Å². The maximum atomic E-state index is 13.1. The van der Waals surface area contributed by atoms with Gasteiger partial charge in [0.25, 0.3) is 5.91 Å². The quantitative estimate of drug-likeness (QED) is 0.332. The third-order valence-corrected chi connectivity index (χ3v) is 7.29. The highest BCUT2D eigenvalue weighted by Gasteiger charge is 2.44. The van der Waals surface area contributed by atoms with Crippen LogP contribution in [0.3, 0.4) is 0 Å². The summed E-state index contributed by atoms with van der Waals surface area (Å²) in [5.74, 6) is 4.87. The number of rotatable bonds is 7. The maximum Gasteiger partial charge on any atom is 0.337 e. The number of nitrogens with zero attached hydrogens (tertiary/aromatic N) is 3. The van der Waals surface area contributed by atoms with Crippen LogP contribution in [0.5, 0.6) is 0 Å². The van der Waals surface area contributed by atoms with Crippen molar-refractivity contribution >= 4 is 11.9 Å². The standard InChI is InChI=1S/C29H33N5O3/c1-32(31)18-26(30)24-17-25(24)27-23(29(36)37)11-14-34(27)22-10-6-8-20(16-22)19-7-5-9-21(15-19)28(35)33-12-3-2-4-13-33/h5-11,14-16,18,24-25H,2-4,12-13,17,30-31H2,1H3,(H,36,37)/b26-18-/t24?,25-/m1/s1. The number of carbonyl (C=O) groups is 2. The molecule has 37 heavy (non-hydrogen) atoms. The molecule has 2 fully saturated rings. The van der Waals surface area contributed by atoms with Gasteiger partial charge >= 0.3 is 5.97 Å². The number of likely N-dealkylation sites (tertiary alicyclic amines) is 1. The van der Waals surface area contributed by atoms with E-state index < -0.39 is 5.97 Å². The first kappa shape index (κ1) is 24.6. The Kier molecular flexibility index (Phi) is 6.76. The lowest BCUT2D eigenvalue weighted by Gasteiger charge is -2.26. The second kappa shape index (κ2) is 10.1. The Morgan fingerprint density at radius 3 is 2.43 bits per heavy atom. The molecule has 0 bridgehead atoms. The zero-order valence-corrected chi connectivity index (χ0v) is 21.0. The van der Waals surface area contributed by atoms with Gasteiger partial charge in [0.05, 0.1) is 5.56 Å². The predicted octanol–water partition coefficient (Wildman–Crippen LogP) is 4.18. The Morgan fingerprint density at radius 1 is 1.03 bits per heavy atom. The number of carboxylic acids is 1. The molecular weight excluding hydrogens is 466 g/mol. The fourth-order valence-corrected chi connectivity index (χ4v) is 5.37. The topological polar surface area (TPSA) is 118 Å². The van der Waals surface area contributed by atoms with Crippen molar-refractivity contribution in [3.05, 3.63) is 89.5 Å². The molecule has 5 N–H and O–H groups in total. The van der Waals surface area contributed by atoms with Crippen LogP contribution in [0, 0.1) is 5.92 Å². The van der Waals surface area contributed by atoms with E-state index in [9.17, 15) is 14.7 Å². The predicted molar refractivity (Wildman–Crippen MR) is 143 cm³/mol. The number of hydrogen-bond donors (Lipinski definition) is 3. The molecule has 5 rings (SSSR count). The molecule has 2 aromatic carbocycles. The van der Waals surface area contributed by atoms with Gasteiger partial charge in [-0.1, -0.05) is 24.3 Å². The number of aromatic nitrogens is 1. The van der Waals surface area contributed by atoms with Crippen LogP contribution < -0.4 is 11.6 Å². The van der Waals surface area contributed by atoms with Crippen molar-refractivity contribution in [3.63, 3.8) is 0 Å². The van der Waals surface area contributed by atoms with Gasteiger partial charge in [-0.05, 0) is 67.1 Å². The maximum absolute atomic E-state index is 13.1. The molecule has 1 amide bonds. The average Bonchev–Trinajstić information content (AvgIpc) is 3.58. The molecule has 1 aromatic heterocycles. The van der Waals surface area contributed by atoms with Crippen LogP contribution in [0.15, 0.2) is 72.7 Å². The van der Waals surface area contributed by atoms with Crippen LogP contribution in [-0.2, 0) is 0 Å². The molecule has 1 saturated heterocycles. The van der Waals surface area contributed by atoms with Crippen molar-refractivity contribution in [2.45, 2.75) is 31.6 Å². The molecule has 2 aliphatic rings. The molecule has 0 radical (unpaired) electrons. The van der Waals surface area contributed by atoms with Crippen LogP contribution >= 0.6 is 0 Å². The Balaban J connectivity index is 1.47. The molecule has 1 unspecified atom stereocenters. The average molecular weight is 500 g/mol. The summed E-state index contributed by atoms with van der Waals surface area (Å²) in [6, 6.07) is 17.3. The van der Waals surface area contributed by atoms with Crippen molar-refractivity contribution in [2.24, 2.45) is 17.5 Å². The molecule has 8 heteroatoms. The number of nitrogens with two attached hydrogens (primary N) is 2. The lowest BCUT2D eigenvalue weighted by atomic mass is 10.0. The summed E-state index contributed by atoms with van der Waals surface area (Å²) < 4.78 is 1.94. The molecule has 8 nitrogen and oxygen atoms in total. The number of piperidine rings is 1. The molecular formula is C29H33N5O3. The van der Waals surface area contributed by atoms with Gasteiger partial charge in [0.1, 0.15) is 0 Å². The van der Waals surface area contributed by atoms with Gasteiger partial charge in [0.15, 0.2) is 0 Å². The Morgan fingerprint density at radius 2 is 1.73 bits per heavy atom. The highest BCUT2D eigenvalue weighted by atomic mass is 16.4. The first-order valence-electron chi connectivity index (χ1n) is 12.7. The van der Waals surface area contributed by atoms with Crippen LogP contribution in [0.25, 0.3) is 16.8 Å². The molecule has 2 atom stereocenters. The van der Waals surface area contributed by atoms with Gasteiger partial charge in [-0.25, -0.2) is 10.6 Å². The fraction of sp³-hybridized carbons (Fsp3) is 0.310. The van der Waals surface area contributed by atoms with E-state index in [0.29, 0.717) is 11.3 Å². The number of amides is 1. The van der Waals surface area contributed by atoms with E-state index in [2.05, 4.69) is 0 Å². The van der Waals surface area contributed by atoms with Crippen molar-refractivity contribution in [1.82, 2.24) is 14.5 Å². The Labute approximate surface area is 216 Å². The highest BCUT2D eigenvalue weighted by molar-refractivity contribution is 5.95. The lowest BCUT2D eigenvalue weighted by Crippen LogP contribution is -2.35. The minimum atomic E-state index is -0.960. The molecule has 3 aromatic rings. The minimum Gasteiger partial charge on any atom is -0.478 e. The molecule has 0 spiro atoms. The van der Waals surface area contributed by atoms with Gasteiger partial charge in [-0.3, -0.25) is 4.79 Å². The summed E-state index contributed by atoms with van der Waals surface area (Å²) in [5, 5.41) is 11.3. The van der Waals surface area contributed by atoms with E-state index >= 15 is 0 Å². The summed E-state index contributed by atoms with van der Waals surface area (Å²) in [6.45, 7) is 1.62. The first-order chi connectivity index (χ1) is 17.8. The minimum absolute atomic E-state index is 0.00792. The van der Waals surface area contributed by atoms with Crippen LogP contribution in [0.1, 0.15) is 58.0 Å². The summed E-state index contributed by atoms with van der Waals surface area (Å²) in [7, 11) is 1.70. The van der Waals surface area contributed by atoms with Crippen LogP contribution in [0.2, 0.25) is 0 Å². The van der Waals surface area contributed by atoms with E-state index in [1.54, 1.807) is 25.5 Å². The van der Waals surface area contributed by atoms with Crippen molar-refractivity contribution < 1.29 is 14.7 Å². The fourth-order valence-electron chi connectivity index (χ4n) is 5.37. The van der Waals surface area contributed by atoms with E-state index in [0.717, 1.165) is 54.9 Å². The monoisotopic (exact) mass is 499 g/mol. The Hall–Kier alpha value is -4.04. The smallest absolute Gasteiger partial charge is 0.337 e. The third-order valence-electron chi connectivity index (χ3n) is 7.29. The normalized spacial score (nSPS) is 19.5. The van der Waals surface area contributed by atoms with Gasteiger partial charge in [0.2, 0.25) is 0 Å². The first-order valence-corrected chi connectivity index (χ1v) is 12.7. The zero-order valence-electron chi connectivity index (χ0n) is 21.0. The second-order valence-corrected chi connectivity index (χ2v) is 10.0. The highest BCUT2D eigenvalue weighted by Crippen LogP contribution is 2.52. The molecule has 1 aliphatic heterocycles. The van der Waals surface area contributed by atoms with E-state index in [1.807, 2.05) is 58.0 Å². The summed E-state index contributed by atoms with van der Waals surface area (Å²) >= 11 is 0. The van der Waals surface area contributed by atoms with Gasteiger partial charge in [-0.15, -0.1) is 0 Å². The molecule has 1 saturated carbocycles. The van der Waals surface area contributed by atoms with Crippen molar-refractivity contribution in [3.8, 4) is 16.8 Å². The number of allylic oxidation sites excluding steroid dienone is 1. The molecule has 1 aliphatic carbocycles. The van der Waals surface area contributed by atoms with Crippen LogP contribution in [0.4, 0.5) is 0 Å². The number of hydrogen-bond acceptors (Lipinski definition) is 5. The zero-order chi connectivity index (χ0) is 26.1. The lowest BCUT2D eigenvalue weighted by molar-refractivity contribution is 0.0693.